The molecule has 1 unspecified atom stereocenters. The number of carboxylic acids is 1. The first kappa shape index (κ1) is 15.5. The maximum Gasteiger partial charge on any atom is 0.303 e. The van der Waals surface area contributed by atoms with Gasteiger partial charge in [0.05, 0.1) is 4.90 Å². The summed E-state index contributed by atoms with van der Waals surface area (Å²) in [5, 5.41) is 11.7. The van der Waals surface area contributed by atoms with Gasteiger partial charge in [0.1, 0.15) is 0 Å². The summed E-state index contributed by atoms with van der Waals surface area (Å²) in [6.45, 7) is 2.63. The Labute approximate surface area is 113 Å². The van der Waals surface area contributed by atoms with Crippen LogP contribution >= 0.6 is 0 Å². The Morgan fingerprint density at radius 3 is 2.37 bits per heavy atom. The van der Waals surface area contributed by atoms with Crippen LogP contribution in [0.4, 0.5) is 5.69 Å². The summed E-state index contributed by atoms with van der Waals surface area (Å²) >= 11 is 0. The maximum absolute atomic E-state index is 11.3. The summed E-state index contributed by atoms with van der Waals surface area (Å²) in [6, 6.07) is 6.53. The van der Waals surface area contributed by atoms with Gasteiger partial charge in [0.15, 0.2) is 9.84 Å². The van der Waals surface area contributed by atoms with Crippen molar-refractivity contribution in [3.05, 3.63) is 24.3 Å². The smallest absolute Gasteiger partial charge is 0.303 e. The van der Waals surface area contributed by atoms with Gasteiger partial charge in [-0.3, -0.25) is 4.79 Å². The predicted molar refractivity (Wildman–Crippen MR) is 74.1 cm³/mol. The van der Waals surface area contributed by atoms with Gasteiger partial charge in [-0.25, -0.2) is 8.42 Å². The number of hydrogen-bond acceptors (Lipinski definition) is 4. The fraction of sp³-hybridized carbons (Fsp3) is 0.462. The van der Waals surface area contributed by atoms with E-state index in [1.807, 2.05) is 6.92 Å². The van der Waals surface area contributed by atoms with Gasteiger partial charge in [0.25, 0.3) is 0 Å². The third-order valence-electron chi connectivity index (χ3n) is 2.79. The fourth-order valence-corrected chi connectivity index (χ4v) is 2.21. The molecule has 0 spiro atoms. The molecule has 19 heavy (non-hydrogen) atoms. The molecule has 0 aromatic heterocycles. The molecule has 0 fully saturated rings. The molecule has 0 aliphatic carbocycles. The van der Waals surface area contributed by atoms with Crippen LogP contribution in [0.5, 0.6) is 0 Å². The van der Waals surface area contributed by atoms with Crippen LogP contribution in [0.25, 0.3) is 0 Å². The van der Waals surface area contributed by atoms with Crippen LogP contribution in [-0.4, -0.2) is 32.3 Å². The van der Waals surface area contributed by atoms with E-state index in [0.29, 0.717) is 13.0 Å². The predicted octanol–water partition coefficient (Wildman–Crippen LogP) is 2.00. The summed E-state index contributed by atoms with van der Waals surface area (Å²) in [6.07, 6.45) is 1.95. The highest BCUT2D eigenvalue weighted by molar-refractivity contribution is 7.90. The Kier molecular flexibility index (Phi) is 5.35. The Morgan fingerprint density at radius 1 is 1.32 bits per heavy atom. The van der Waals surface area contributed by atoms with Crippen molar-refractivity contribution in [1.29, 1.82) is 0 Å². The van der Waals surface area contributed by atoms with Crippen molar-refractivity contribution in [1.82, 2.24) is 0 Å². The molecule has 6 heteroatoms. The maximum atomic E-state index is 11.3. The minimum atomic E-state index is -3.16. The van der Waals surface area contributed by atoms with Crippen molar-refractivity contribution in [3.63, 3.8) is 0 Å². The van der Waals surface area contributed by atoms with Gasteiger partial charge in [-0.15, -0.1) is 0 Å². The van der Waals surface area contributed by atoms with E-state index < -0.39 is 15.8 Å². The van der Waals surface area contributed by atoms with Crippen molar-refractivity contribution in [3.8, 4) is 0 Å². The van der Waals surface area contributed by atoms with E-state index in [2.05, 4.69) is 5.32 Å². The number of hydrogen-bond donors (Lipinski definition) is 2. The monoisotopic (exact) mass is 285 g/mol. The number of sulfone groups is 1. The molecule has 2 N–H and O–H groups in total. The molecule has 0 amide bonds. The third kappa shape index (κ3) is 5.74. The lowest BCUT2D eigenvalue weighted by molar-refractivity contribution is -0.137. The van der Waals surface area contributed by atoms with E-state index in [-0.39, 0.29) is 17.2 Å². The van der Waals surface area contributed by atoms with Crippen molar-refractivity contribution < 1.29 is 18.3 Å². The Bertz CT molecular complexity index is 522. The van der Waals surface area contributed by atoms with Crippen molar-refractivity contribution in [2.75, 3.05) is 18.1 Å². The number of nitrogens with one attached hydrogen (secondary N) is 1. The molecule has 5 nitrogen and oxygen atoms in total. The zero-order valence-corrected chi connectivity index (χ0v) is 11.9. The number of anilines is 1. The first-order valence-corrected chi connectivity index (χ1v) is 7.94. The minimum Gasteiger partial charge on any atom is -0.481 e. The third-order valence-corrected chi connectivity index (χ3v) is 3.92. The normalized spacial score (nSPS) is 12.9. The van der Waals surface area contributed by atoms with E-state index >= 15 is 0 Å². The Balaban J connectivity index is 2.48. The molecule has 0 aliphatic rings. The first-order valence-electron chi connectivity index (χ1n) is 6.05. The fourth-order valence-electron chi connectivity index (χ4n) is 1.58. The second-order valence-electron chi connectivity index (χ2n) is 4.72. The van der Waals surface area contributed by atoms with Crippen LogP contribution in [0, 0.1) is 5.92 Å². The average molecular weight is 285 g/mol. The number of benzene rings is 1. The van der Waals surface area contributed by atoms with Gasteiger partial charge in [-0.05, 0) is 36.6 Å². The highest BCUT2D eigenvalue weighted by Gasteiger charge is 2.07. The van der Waals surface area contributed by atoms with E-state index in [0.717, 1.165) is 5.69 Å². The molecular weight excluding hydrogens is 266 g/mol. The summed E-state index contributed by atoms with van der Waals surface area (Å²) in [5.74, 6) is -0.546. The summed E-state index contributed by atoms with van der Waals surface area (Å²) in [4.78, 5) is 10.7. The lowest BCUT2D eigenvalue weighted by Gasteiger charge is -2.12. The topological polar surface area (TPSA) is 83.5 Å². The molecule has 1 rings (SSSR count). The largest absolute Gasteiger partial charge is 0.481 e. The van der Waals surface area contributed by atoms with Crippen LogP contribution in [0.3, 0.4) is 0 Å². The SMILES string of the molecule is CC(CCC(=O)O)CNc1ccc(S(C)(=O)=O)cc1. The zero-order chi connectivity index (χ0) is 14.5. The van der Waals surface area contributed by atoms with Gasteiger partial charge in [0.2, 0.25) is 0 Å². The van der Waals surface area contributed by atoms with Gasteiger partial charge in [-0.1, -0.05) is 6.92 Å². The van der Waals surface area contributed by atoms with Crippen LogP contribution in [0.2, 0.25) is 0 Å². The molecule has 1 atom stereocenters. The number of carbonyl (C=O) groups is 1. The second kappa shape index (κ2) is 6.56. The molecule has 0 bridgehead atoms. The van der Waals surface area contributed by atoms with E-state index in [9.17, 15) is 13.2 Å². The van der Waals surface area contributed by atoms with E-state index in [1.54, 1.807) is 24.3 Å². The van der Waals surface area contributed by atoms with Crippen molar-refractivity contribution in [2.24, 2.45) is 5.92 Å². The lowest BCUT2D eigenvalue weighted by atomic mass is 10.1. The molecule has 1 aromatic rings. The number of aliphatic carboxylic acids is 1. The molecule has 106 valence electrons. The molecular formula is C13H19NO4S. The van der Waals surface area contributed by atoms with E-state index in [4.69, 9.17) is 5.11 Å². The summed E-state index contributed by atoms with van der Waals surface area (Å²) in [5.41, 5.74) is 0.828. The van der Waals surface area contributed by atoms with Gasteiger partial charge >= 0.3 is 5.97 Å². The van der Waals surface area contributed by atoms with Crippen molar-refractivity contribution >= 4 is 21.5 Å². The van der Waals surface area contributed by atoms with Gasteiger partial charge in [-0.2, -0.15) is 0 Å². The molecule has 0 heterocycles. The summed E-state index contributed by atoms with van der Waals surface area (Å²) < 4.78 is 22.6. The van der Waals surface area contributed by atoms with E-state index in [1.165, 1.54) is 6.26 Å². The van der Waals surface area contributed by atoms with Gasteiger partial charge in [0, 0.05) is 24.9 Å². The minimum absolute atomic E-state index is 0.163. The van der Waals surface area contributed by atoms with Crippen molar-refractivity contribution in [2.45, 2.75) is 24.7 Å². The Morgan fingerprint density at radius 2 is 1.89 bits per heavy atom. The van der Waals surface area contributed by atoms with Crippen LogP contribution in [-0.2, 0) is 14.6 Å². The van der Waals surface area contributed by atoms with Gasteiger partial charge < -0.3 is 10.4 Å². The first-order chi connectivity index (χ1) is 8.79. The Hall–Kier alpha value is -1.56. The van der Waals surface area contributed by atoms with Crippen LogP contribution < -0.4 is 5.32 Å². The highest BCUT2D eigenvalue weighted by atomic mass is 32.2. The molecule has 0 saturated heterocycles. The average Bonchev–Trinajstić information content (AvgIpc) is 2.33. The molecule has 1 aromatic carbocycles. The highest BCUT2D eigenvalue weighted by Crippen LogP contribution is 2.15. The second-order valence-corrected chi connectivity index (χ2v) is 6.73. The summed E-state index contributed by atoms with van der Waals surface area (Å²) in [7, 11) is -3.16. The van der Waals surface area contributed by atoms with Crippen LogP contribution in [0.1, 0.15) is 19.8 Å². The van der Waals surface area contributed by atoms with Crippen LogP contribution in [0.15, 0.2) is 29.2 Å². The lowest BCUT2D eigenvalue weighted by Crippen LogP contribution is -2.12. The quantitative estimate of drug-likeness (QED) is 0.800. The molecule has 0 saturated carbocycles. The standard InChI is InChI=1S/C13H19NO4S/c1-10(3-8-13(15)16)9-14-11-4-6-12(7-5-11)19(2,17)18/h4-7,10,14H,3,8-9H2,1-2H3,(H,15,16). The molecule has 0 aliphatic heterocycles. The number of carboxylic acid groups (broad SMARTS) is 1. The molecule has 0 radical (unpaired) electrons. The zero-order valence-electron chi connectivity index (χ0n) is 11.1. The number of rotatable bonds is 7.